The molecule has 0 atom stereocenters. The largest absolute Gasteiger partial charge is 0.248 e. The molecule has 0 saturated heterocycles. The number of hydrogen-bond donors (Lipinski definition) is 0. The molecular weight excluding hydrogens is 637 g/mol. The van der Waals surface area contributed by atoms with E-state index in [2.05, 4.69) is 70.5 Å². The summed E-state index contributed by atoms with van der Waals surface area (Å²) < 4.78 is 29.3. The summed E-state index contributed by atoms with van der Waals surface area (Å²) in [6.45, 7) is 0. The van der Waals surface area contributed by atoms with E-state index in [1.165, 1.54) is 18.3 Å². The standard InChI is InChI=1S/C15H9FN4.C8H5FIN3.C7H5N/c16-12-4-7-15(18-11-12)20-10-8-14(19-20)6-5-13-3-1-2-9-17-13;9-6-1-2-8(11-5-6)13-4-3-7(10)12-13;1-2-7-5-3-4-6-8-7/h1-4,7-11H;1-5H;1,3-6H. The van der Waals surface area contributed by atoms with Crippen molar-refractivity contribution in [1.82, 2.24) is 39.5 Å². The lowest BCUT2D eigenvalue weighted by atomic mass is 10.3. The van der Waals surface area contributed by atoms with Crippen LogP contribution in [0.1, 0.15) is 17.1 Å². The van der Waals surface area contributed by atoms with Crippen LogP contribution in [-0.4, -0.2) is 39.5 Å². The maximum absolute atomic E-state index is 12.8. The van der Waals surface area contributed by atoms with E-state index in [1.54, 1.807) is 58.4 Å². The first-order valence-corrected chi connectivity index (χ1v) is 12.9. The highest BCUT2D eigenvalue weighted by atomic mass is 127. The molecule has 0 aromatic carbocycles. The maximum Gasteiger partial charge on any atom is 0.153 e. The van der Waals surface area contributed by atoms with Crippen LogP contribution < -0.4 is 0 Å². The molecule has 6 aromatic rings. The van der Waals surface area contributed by atoms with Crippen molar-refractivity contribution in [3.8, 4) is 35.8 Å². The Hall–Kier alpha value is -5.27. The molecule has 6 aromatic heterocycles. The Morgan fingerprint density at radius 1 is 0.610 bits per heavy atom. The Morgan fingerprint density at radius 2 is 1.17 bits per heavy atom. The Balaban J connectivity index is 0.000000158. The molecule has 41 heavy (non-hydrogen) atoms. The average Bonchev–Trinajstić information content (AvgIpc) is 3.68. The fourth-order valence-electron chi connectivity index (χ4n) is 2.97. The number of aromatic nitrogens is 8. The molecule has 0 saturated carbocycles. The van der Waals surface area contributed by atoms with E-state index in [0.29, 0.717) is 28.7 Å². The summed E-state index contributed by atoms with van der Waals surface area (Å²) in [6, 6.07) is 20.5. The quantitative estimate of drug-likeness (QED) is 0.187. The minimum Gasteiger partial charge on any atom is -0.248 e. The van der Waals surface area contributed by atoms with Crippen molar-refractivity contribution >= 4 is 22.6 Å². The number of pyridine rings is 4. The fourth-order valence-corrected chi connectivity index (χ4v) is 3.36. The summed E-state index contributed by atoms with van der Waals surface area (Å²) in [7, 11) is 0. The molecule has 0 N–H and O–H groups in total. The average molecular weight is 656 g/mol. The third-order valence-electron chi connectivity index (χ3n) is 4.83. The number of terminal acetylenes is 1. The number of halogens is 3. The summed E-state index contributed by atoms with van der Waals surface area (Å²) in [5.74, 6) is 8.68. The van der Waals surface area contributed by atoms with Crippen LogP contribution in [0.4, 0.5) is 8.78 Å². The second kappa shape index (κ2) is 14.8. The van der Waals surface area contributed by atoms with Crippen LogP contribution in [-0.2, 0) is 0 Å². The number of hydrogen-bond acceptors (Lipinski definition) is 6. The third-order valence-corrected chi connectivity index (χ3v) is 5.41. The van der Waals surface area contributed by atoms with E-state index in [0.717, 1.165) is 9.90 Å². The number of nitrogens with zero attached hydrogens (tertiary/aromatic N) is 8. The Labute approximate surface area is 248 Å². The van der Waals surface area contributed by atoms with Gasteiger partial charge in [0, 0.05) is 24.8 Å². The van der Waals surface area contributed by atoms with E-state index in [-0.39, 0.29) is 11.6 Å². The third kappa shape index (κ3) is 9.16. The zero-order valence-electron chi connectivity index (χ0n) is 21.2. The molecule has 8 nitrogen and oxygen atoms in total. The summed E-state index contributed by atoms with van der Waals surface area (Å²) in [4.78, 5) is 15.8. The van der Waals surface area contributed by atoms with Crippen LogP contribution in [0.25, 0.3) is 11.6 Å². The lowest BCUT2D eigenvalue weighted by Gasteiger charge is -1.98. The van der Waals surface area contributed by atoms with Crippen molar-refractivity contribution in [3.05, 3.63) is 142 Å². The minimum atomic E-state index is -0.379. The first kappa shape index (κ1) is 28.7. The lowest BCUT2D eigenvalue weighted by Crippen LogP contribution is -1.98. The summed E-state index contributed by atoms with van der Waals surface area (Å²) in [5, 5.41) is 8.38. The van der Waals surface area contributed by atoms with Crippen LogP contribution in [0, 0.1) is 39.5 Å². The van der Waals surface area contributed by atoms with Gasteiger partial charge in [-0.05, 0) is 95.1 Å². The second-order valence-electron chi connectivity index (χ2n) is 7.72. The molecule has 0 aliphatic rings. The summed E-state index contributed by atoms with van der Waals surface area (Å²) >= 11 is 2.10. The molecule has 0 unspecified atom stereocenters. The molecule has 6 rings (SSSR count). The molecular formula is C30H19F2IN8. The van der Waals surface area contributed by atoms with Crippen LogP contribution in [0.15, 0.2) is 110 Å². The van der Waals surface area contributed by atoms with Gasteiger partial charge in [0.05, 0.1) is 12.4 Å². The van der Waals surface area contributed by atoms with Gasteiger partial charge in [0.25, 0.3) is 0 Å². The molecule has 0 bridgehead atoms. The Kier molecular flexibility index (Phi) is 10.3. The van der Waals surface area contributed by atoms with Crippen LogP contribution in [0.5, 0.6) is 0 Å². The van der Waals surface area contributed by atoms with Crippen molar-refractivity contribution in [2.24, 2.45) is 0 Å². The molecule has 200 valence electrons. The van der Waals surface area contributed by atoms with Gasteiger partial charge < -0.3 is 0 Å². The van der Waals surface area contributed by atoms with Gasteiger partial charge in [-0.25, -0.2) is 38.1 Å². The van der Waals surface area contributed by atoms with Crippen LogP contribution in [0.2, 0.25) is 0 Å². The van der Waals surface area contributed by atoms with Gasteiger partial charge in [0.1, 0.15) is 32.4 Å². The van der Waals surface area contributed by atoms with Gasteiger partial charge in [-0.3, -0.25) is 0 Å². The molecule has 11 heteroatoms. The van der Waals surface area contributed by atoms with E-state index in [9.17, 15) is 8.78 Å². The highest BCUT2D eigenvalue weighted by Gasteiger charge is 2.01. The highest BCUT2D eigenvalue weighted by Crippen LogP contribution is 2.07. The van der Waals surface area contributed by atoms with Gasteiger partial charge in [-0.2, -0.15) is 10.2 Å². The van der Waals surface area contributed by atoms with Crippen molar-refractivity contribution in [1.29, 1.82) is 0 Å². The summed E-state index contributed by atoms with van der Waals surface area (Å²) in [6.07, 6.45) is 14.2. The maximum atomic E-state index is 12.8. The number of rotatable bonds is 2. The van der Waals surface area contributed by atoms with E-state index >= 15 is 0 Å². The van der Waals surface area contributed by atoms with Crippen molar-refractivity contribution < 1.29 is 8.78 Å². The topological polar surface area (TPSA) is 87.2 Å². The highest BCUT2D eigenvalue weighted by molar-refractivity contribution is 14.1. The zero-order chi connectivity index (χ0) is 28.9. The van der Waals surface area contributed by atoms with Gasteiger partial charge >= 0.3 is 0 Å². The monoisotopic (exact) mass is 656 g/mol. The van der Waals surface area contributed by atoms with Gasteiger partial charge in [-0.1, -0.05) is 18.1 Å². The van der Waals surface area contributed by atoms with Crippen molar-refractivity contribution in [3.63, 3.8) is 0 Å². The predicted octanol–water partition coefficient (Wildman–Crippen LogP) is 5.28. The molecule has 0 fully saturated rings. The van der Waals surface area contributed by atoms with E-state index in [4.69, 9.17) is 6.42 Å². The van der Waals surface area contributed by atoms with E-state index in [1.807, 2.05) is 36.4 Å². The molecule has 0 aliphatic heterocycles. The lowest BCUT2D eigenvalue weighted by molar-refractivity contribution is 0.618. The first-order chi connectivity index (χ1) is 20.0. The SMILES string of the molecule is C#Cc1ccccn1.Fc1ccc(-n2ccc(C#Cc3ccccn3)n2)nc1.Fc1ccc(-n2ccc(I)n2)nc1. The van der Waals surface area contributed by atoms with Gasteiger partial charge in [0.2, 0.25) is 0 Å². The van der Waals surface area contributed by atoms with Gasteiger partial charge in [-0.15, -0.1) is 6.42 Å². The predicted molar refractivity (Wildman–Crippen MR) is 158 cm³/mol. The fraction of sp³-hybridized carbons (Fsp3) is 0. The minimum absolute atomic E-state index is 0.342. The Morgan fingerprint density at radius 3 is 1.63 bits per heavy atom. The molecule has 6 heterocycles. The summed E-state index contributed by atoms with van der Waals surface area (Å²) in [5.41, 5.74) is 1.97. The normalized spacial score (nSPS) is 9.61. The zero-order valence-corrected chi connectivity index (χ0v) is 23.3. The molecule has 0 amide bonds. The van der Waals surface area contributed by atoms with Crippen LogP contribution >= 0.6 is 22.6 Å². The second-order valence-corrected chi connectivity index (χ2v) is 8.83. The molecule has 0 spiro atoms. The van der Waals surface area contributed by atoms with Crippen LogP contribution in [0.3, 0.4) is 0 Å². The molecule has 0 aliphatic carbocycles. The van der Waals surface area contributed by atoms with Crippen molar-refractivity contribution in [2.75, 3.05) is 0 Å². The van der Waals surface area contributed by atoms with Crippen molar-refractivity contribution in [2.45, 2.75) is 0 Å². The smallest absolute Gasteiger partial charge is 0.153 e. The Bertz CT molecular complexity index is 1770. The van der Waals surface area contributed by atoms with E-state index < -0.39 is 0 Å². The van der Waals surface area contributed by atoms with Gasteiger partial charge in [0.15, 0.2) is 11.6 Å². The molecule has 0 radical (unpaired) electrons. The first-order valence-electron chi connectivity index (χ1n) is 11.8.